The van der Waals surface area contributed by atoms with E-state index in [0.29, 0.717) is 28.9 Å². The molecule has 0 bridgehead atoms. The molecule has 0 amide bonds. The van der Waals surface area contributed by atoms with Crippen LogP contribution in [0.4, 0.5) is 0 Å². The molecule has 23 heavy (non-hydrogen) atoms. The summed E-state index contributed by atoms with van der Waals surface area (Å²) < 4.78 is 15.7. The van der Waals surface area contributed by atoms with Crippen molar-refractivity contribution in [2.24, 2.45) is 0 Å². The number of esters is 1. The molecule has 0 radical (unpaired) electrons. The van der Waals surface area contributed by atoms with Gasteiger partial charge in [-0.05, 0) is 19.1 Å². The number of methoxy groups -OCH3 is 2. The lowest BCUT2D eigenvalue weighted by Crippen LogP contribution is -2.09. The lowest BCUT2D eigenvalue weighted by atomic mass is 10.2. The van der Waals surface area contributed by atoms with Crippen molar-refractivity contribution in [2.45, 2.75) is 29.9 Å². The number of thioether (sulfide) groups is 1. The Balaban J connectivity index is 1.80. The van der Waals surface area contributed by atoms with E-state index < -0.39 is 0 Å². The molecular weight excluding hydrogens is 318 g/mol. The minimum atomic E-state index is -0.258. The fourth-order valence-electron chi connectivity index (χ4n) is 2.36. The largest absolute Gasteiger partial charge is 0.497 e. The average molecular weight is 335 g/mol. The number of hydrogen-bond donors (Lipinski definition) is 1. The SMILES string of the molecule is COc1ccc(-c2nc(SC3CC(C)OC3=O)n[nH]2)c(OC)c1. The number of ether oxygens (including phenoxy) is 3. The average Bonchev–Trinajstić information content (AvgIpc) is 3.13. The molecule has 1 saturated heterocycles. The van der Waals surface area contributed by atoms with Crippen molar-refractivity contribution in [3.05, 3.63) is 18.2 Å². The number of rotatable bonds is 5. The van der Waals surface area contributed by atoms with Gasteiger partial charge >= 0.3 is 5.97 Å². The van der Waals surface area contributed by atoms with Crippen molar-refractivity contribution in [3.63, 3.8) is 0 Å². The number of carbonyl (C=O) groups is 1. The molecule has 122 valence electrons. The van der Waals surface area contributed by atoms with Crippen LogP contribution in [0.3, 0.4) is 0 Å². The normalized spacial score (nSPS) is 20.4. The first-order valence-electron chi connectivity index (χ1n) is 7.12. The number of carbonyl (C=O) groups excluding carboxylic acids is 1. The number of nitrogens with one attached hydrogen (secondary N) is 1. The molecule has 2 atom stereocenters. The highest BCUT2D eigenvalue weighted by Gasteiger charge is 2.33. The molecular formula is C15H17N3O4S. The standard InChI is InChI=1S/C15H17N3O4S/c1-8-6-12(14(19)22-8)23-15-16-13(17-18-15)10-5-4-9(20-2)7-11(10)21-3/h4-5,7-8,12H,6H2,1-3H3,(H,16,17,18). The van der Waals surface area contributed by atoms with E-state index in [1.165, 1.54) is 11.8 Å². The van der Waals surface area contributed by atoms with Crippen LogP contribution < -0.4 is 9.47 Å². The maximum absolute atomic E-state index is 11.7. The van der Waals surface area contributed by atoms with E-state index in [0.717, 1.165) is 5.56 Å². The van der Waals surface area contributed by atoms with Crippen LogP contribution in [0.1, 0.15) is 13.3 Å². The van der Waals surface area contributed by atoms with Crippen LogP contribution in [0.15, 0.2) is 23.4 Å². The summed E-state index contributed by atoms with van der Waals surface area (Å²) in [5.74, 6) is 1.69. The quantitative estimate of drug-likeness (QED) is 0.839. The Morgan fingerprint density at radius 3 is 2.83 bits per heavy atom. The number of aromatic nitrogens is 3. The highest BCUT2D eigenvalue weighted by molar-refractivity contribution is 8.00. The van der Waals surface area contributed by atoms with Gasteiger partial charge < -0.3 is 14.2 Å². The third kappa shape index (κ3) is 3.26. The van der Waals surface area contributed by atoms with Crippen LogP contribution in [0, 0.1) is 0 Å². The molecule has 1 aliphatic heterocycles. The minimum absolute atomic E-state index is 0.0555. The first-order valence-corrected chi connectivity index (χ1v) is 8.00. The van der Waals surface area contributed by atoms with Gasteiger partial charge in [-0.1, -0.05) is 11.8 Å². The second kappa shape index (κ2) is 6.49. The summed E-state index contributed by atoms with van der Waals surface area (Å²) in [6, 6.07) is 5.45. The number of aromatic amines is 1. The van der Waals surface area contributed by atoms with Gasteiger partial charge in [0.05, 0.1) is 19.8 Å². The monoisotopic (exact) mass is 335 g/mol. The second-order valence-electron chi connectivity index (χ2n) is 5.12. The summed E-state index contributed by atoms with van der Waals surface area (Å²) in [5.41, 5.74) is 0.773. The molecule has 8 heteroatoms. The van der Waals surface area contributed by atoms with Gasteiger partial charge in [-0.15, -0.1) is 5.10 Å². The summed E-state index contributed by atoms with van der Waals surface area (Å²) in [7, 11) is 3.18. The number of hydrogen-bond acceptors (Lipinski definition) is 7. The fraction of sp³-hybridized carbons (Fsp3) is 0.400. The van der Waals surface area contributed by atoms with Crippen molar-refractivity contribution in [2.75, 3.05) is 14.2 Å². The molecule has 0 aliphatic carbocycles. The Labute approximate surface area is 137 Å². The Morgan fingerprint density at radius 2 is 2.17 bits per heavy atom. The van der Waals surface area contributed by atoms with E-state index in [1.54, 1.807) is 20.3 Å². The van der Waals surface area contributed by atoms with Gasteiger partial charge in [0.15, 0.2) is 5.82 Å². The topological polar surface area (TPSA) is 86.3 Å². The number of H-pyrrole nitrogens is 1. The molecule has 2 heterocycles. The molecule has 1 aliphatic rings. The Hall–Kier alpha value is -2.22. The van der Waals surface area contributed by atoms with E-state index in [-0.39, 0.29) is 17.3 Å². The van der Waals surface area contributed by atoms with Gasteiger partial charge in [-0.2, -0.15) is 0 Å². The van der Waals surface area contributed by atoms with Gasteiger partial charge in [0, 0.05) is 12.5 Å². The maximum atomic E-state index is 11.7. The van der Waals surface area contributed by atoms with Gasteiger partial charge in [0.2, 0.25) is 5.16 Å². The Morgan fingerprint density at radius 1 is 1.35 bits per heavy atom. The molecule has 1 N–H and O–H groups in total. The van der Waals surface area contributed by atoms with E-state index in [4.69, 9.17) is 14.2 Å². The van der Waals surface area contributed by atoms with Crippen molar-refractivity contribution < 1.29 is 19.0 Å². The molecule has 0 saturated carbocycles. The van der Waals surface area contributed by atoms with Crippen molar-refractivity contribution in [1.82, 2.24) is 15.2 Å². The first-order chi connectivity index (χ1) is 11.1. The van der Waals surface area contributed by atoms with E-state index in [2.05, 4.69) is 15.2 Å². The van der Waals surface area contributed by atoms with Gasteiger partial charge in [0.1, 0.15) is 22.9 Å². The zero-order valence-corrected chi connectivity index (χ0v) is 13.8. The smallest absolute Gasteiger partial charge is 0.319 e. The van der Waals surface area contributed by atoms with Crippen molar-refractivity contribution in [1.29, 1.82) is 0 Å². The molecule has 2 aromatic rings. The van der Waals surface area contributed by atoms with E-state index >= 15 is 0 Å². The summed E-state index contributed by atoms with van der Waals surface area (Å²) >= 11 is 1.31. The lowest BCUT2D eigenvalue weighted by molar-refractivity contribution is -0.140. The third-order valence-electron chi connectivity index (χ3n) is 3.50. The summed E-state index contributed by atoms with van der Waals surface area (Å²) in [5, 5.41) is 7.30. The summed E-state index contributed by atoms with van der Waals surface area (Å²) in [6.45, 7) is 1.88. The van der Waals surface area contributed by atoms with Gasteiger partial charge in [-0.25, -0.2) is 4.98 Å². The van der Waals surface area contributed by atoms with Crippen LogP contribution in [0.2, 0.25) is 0 Å². The second-order valence-corrected chi connectivity index (χ2v) is 6.29. The summed E-state index contributed by atoms with van der Waals surface area (Å²) in [4.78, 5) is 16.1. The Kier molecular flexibility index (Phi) is 4.42. The van der Waals surface area contributed by atoms with Gasteiger partial charge in [0.25, 0.3) is 0 Å². The molecule has 3 rings (SSSR count). The number of cyclic esters (lactones) is 1. The zero-order chi connectivity index (χ0) is 16.4. The van der Waals surface area contributed by atoms with Crippen LogP contribution in [0.5, 0.6) is 11.5 Å². The van der Waals surface area contributed by atoms with Crippen LogP contribution in [-0.4, -0.2) is 46.7 Å². The molecule has 1 aromatic carbocycles. The predicted molar refractivity (Wildman–Crippen MR) is 84.7 cm³/mol. The fourth-order valence-corrected chi connectivity index (χ4v) is 3.37. The highest BCUT2D eigenvalue weighted by Crippen LogP contribution is 2.34. The molecule has 1 aromatic heterocycles. The Bertz CT molecular complexity index is 718. The van der Waals surface area contributed by atoms with Crippen LogP contribution in [-0.2, 0) is 9.53 Å². The van der Waals surface area contributed by atoms with E-state index in [9.17, 15) is 4.79 Å². The number of benzene rings is 1. The predicted octanol–water partition coefficient (Wildman–Crippen LogP) is 2.29. The van der Waals surface area contributed by atoms with Crippen LogP contribution >= 0.6 is 11.8 Å². The van der Waals surface area contributed by atoms with Crippen molar-refractivity contribution in [3.8, 4) is 22.9 Å². The maximum Gasteiger partial charge on any atom is 0.319 e. The minimum Gasteiger partial charge on any atom is -0.497 e. The van der Waals surface area contributed by atoms with Gasteiger partial charge in [-0.3, -0.25) is 9.89 Å². The molecule has 1 fully saturated rings. The highest BCUT2D eigenvalue weighted by atomic mass is 32.2. The lowest BCUT2D eigenvalue weighted by Gasteiger charge is -2.07. The van der Waals surface area contributed by atoms with E-state index in [1.807, 2.05) is 19.1 Å². The molecule has 2 unspecified atom stereocenters. The number of nitrogens with zero attached hydrogens (tertiary/aromatic N) is 2. The summed E-state index contributed by atoms with van der Waals surface area (Å²) in [6.07, 6.45) is 0.610. The van der Waals surface area contributed by atoms with Crippen LogP contribution in [0.25, 0.3) is 11.4 Å². The van der Waals surface area contributed by atoms with Crippen molar-refractivity contribution >= 4 is 17.7 Å². The molecule has 7 nitrogen and oxygen atoms in total. The zero-order valence-electron chi connectivity index (χ0n) is 13.0. The molecule has 0 spiro atoms. The first kappa shape index (κ1) is 15.7. The third-order valence-corrected chi connectivity index (χ3v) is 4.57.